The van der Waals surface area contributed by atoms with E-state index in [4.69, 9.17) is 22.0 Å². The maximum absolute atomic E-state index is 10.6. The fourth-order valence-corrected chi connectivity index (χ4v) is 3.84. The van der Waals surface area contributed by atoms with Gasteiger partial charge in [-0.25, -0.2) is 0 Å². The third-order valence-electron chi connectivity index (χ3n) is 5.14. The Labute approximate surface area is 164 Å². The van der Waals surface area contributed by atoms with Crippen LogP contribution in [0, 0.1) is 0 Å². The van der Waals surface area contributed by atoms with Crippen molar-refractivity contribution in [1.29, 1.82) is 0 Å². The van der Waals surface area contributed by atoms with Gasteiger partial charge in [0.2, 0.25) is 0 Å². The molecule has 1 aromatic carbocycles. The van der Waals surface area contributed by atoms with Crippen molar-refractivity contribution < 1.29 is 26.0 Å². The van der Waals surface area contributed by atoms with Crippen LogP contribution in [0.1, 0.15) is 81.3 Å². The standard InChI is InChI=1S/C19H27NO.2ClH.Zr/c21-19-16(14-20-17-11-5-2-6-12-17)10-7-13-18(19)15-8-3-1-4-9-15;;;/h7,10,13-15,17,21H,1-6,8-9,11-12H2;2*1H;/q;;;+2/p-2. The van der Waals surface area contributed by atoms with Crippen LogP contribution in [-0.2, 0) is 20.8 Å². The Kier molecular flexibility index (Phi) is 9.98. The summed E-state index contributed by atoms with van der Waals surface area (Å²) in [5, 5.41) is 10.6. The fourth-order valence-electron chi connectivity index (χ4n) is 3.84. The summed E-state index contributed by atoms with van der Waals surface area (Å²) in [6, 6.07) is 6.64. The first-order valence-corrected chi connectivity index (χ1v) is 15.4. The van der Waals surface area contributed by atoms with Crippen LogP contribution in [-0.4, -0.2) is 17.4 Å². The number of phenolic OH excluding ortho intramolecular Hbond substituents is 1. The summed E-state index contributed by atoms with van der Waals surface area (Å²) in [5.74, 6) is 1.02. The van der Waals surface area contributed by atoms with Crippen molar-refractivity contribution in [3.05, 3.63) is 29.3 Å². The van der Waals surface area contributed by atoms with Crippen LogP contribution in [0.15, 0.2) is 23.2 Å². The van der Waals surface area contributed by atoms with Gasteiger partial charge in [-0.3, -0.25) is 4.99 Å². The summed E-state index contributed by atoms with van der Waals surface area (Å²) in [5.41, 5.74) is 2.05. The number of halogens is 2. The molecule has 1 N–H and O–H groups in total. The van der Waals surface area contributed by atoms with Crippen molar-refractivity contribution in [2.75, 3.05) is 0 Å². The molecular formula is C19H27Cl2NOZr. The molecule has 2 nitrogen and oxygen atoms in total. The van der Waals surface area contributed by atoms with E-state index in [0.717, 1.165) is 11.1 Å². The Balaban J connectivity index is 0.000000647. The van der Waals surface area contributed by atoms with Crippen LogP contribution in [0.3, 0.4) is 0 Å². The average molecular weight is 448 g/mol. The van der Waals surface area contributed by atoms with Crippen molar-refractivity contribution >= 4 is 23.2 Å². The van der Waals surface area contributed by atoms with Crippen molar-refractivity contribution in [3.8, 4) is 5.75 Å². The van der Waals surface area contributed by atoms with E-state index < -0.39 is 20.8 Å². The van der Waals surface area contributed by atoms with E-state index >= 15 is 0 Å². The number of hydrogen-bond acceptors (Lipinski definition) is 2. The monoisotopic (exact) mass is 445 g/mol. The predicted octanol–water partition coefficient (Wildman–Crippen LogP) is 6.57. The molecule has 0 heterocycles. The number of nitrogens with zero attached hydrogens (tertiary/aromatic N) is 1. The van der Waals surface area contributed by atoms with Gasteiger partial charge in [0.25, 0.3) is 0 Å². The first-order valence-electron chi connectivity index (χ1n) is 9.07. The zero-order valence-electron chi connectivity index (χ0n) is 14.2. The average Bonchev–Trinajstić information content (AvgIpc) is 2.63. The van der Waals surface area contributed by atoms with Gasteiger partial charge < -0.3 is 5.11 Å². The van der Waals surface area contributed by atoms with Gasteiger partial charge in [0.15, 0.2) is 0 Å². The molecule has 0 bridgehead atoms. The van der Waals surface area contributed by atoms with Crippen LogP contribution in [0.2, 0.25) is 0 Å². The van der Waals surface area contributed by atoms with E-state index in [9.17, 15) is 5.11 Å². The second kappa shape index (κ2) is 11.7. The SMILES string of the molecule is Oc1c(C=NC2CCCCC2)cccc1C1CCCCC1.[Cl][Zr][Cl]. The third-order valence-corrected chi connectivity index (χ3v) is 5.14. The van der Waals surface area contributed by atoms with E-state index in [1.165, 1.54) is 64.2 Å². The number of aromatic hydroxyl groups is 1. The van der Waals surface area contributed by atoms with E-state index in [0.29, 0.717) is 17.7 Å². The molecule has 2 aliphatic carbocycles. The fraction of sp³-hybridized carbons (Fsp3) is 0.632. The Morgan fingerprint density at radius 2 is 1.54 bits per heavy atom. The summed E-state index contributed by atoms with van der Waals surface area (Å²) in [6.45, 7) is 0. The number of hydrogen-bond donors (Lipinski definition) is 1. The van der Waals surface area contributed by atoms with E-state index in [2.05, 4.69) is 12.1 Å². The van der Waals surface area contributed by atoms with Crippen LogP contribution >= 0.6 is 17.0 Å². The quantitative estimate of drug-likeness (QED) is 0.523. The molecule has 0 atom stereocenters. The van der Waals surface area contributed by atoms with Gasteiger partial charge in [0.1, 0.15) is 5.75 Å². The van der Waals surface area contributed by atoms with Crippen molar-refractivity contribution in [1.82, 2.24) is 0 Å². The number of para-hydroxylation sites is 1. The molecule has 24 heavy (non-hydrogen) atoms. The van der Waals surface area contributed by atoms with Crippen LogP contribution < -0.4 is 0 Å². The van der Waals surface area contributed by atoms with Gasteiger partial charge in [0, 0.05) is 17.8 Å². The van der Waals surface area contributed by atoms with Gasteiger partial charge in [-0.15, -0.1) is 0 Å². The first-order chi connectivity index (χ1) is 11.8. The zero-order valence-corrected chi connectivity index (χ0v) is 18.2. The Morgan fingerprint density at radius 1 is 0.958 bits per heavy atom. The van der Waals surface area contributed by atoms with Crippen molar-refractivity contribution in [2.24, 2.45) is 4.99 Å². The van der Waals surface area contributed by atoms with Crippen LogP contribution in [0.4, 0.5) is 0 Å². The second-order valence-corrected chi connectivity index (χ2v) is 10.5. The molecule has 0 saturated heterocycles. The molecule has 3 rings (SSSR count). The van der Waals surface area contributed by atoms with Gasteiger partial charge in [-0.2, -0.15) is 0 Å². The topological polar surface area (TPSA) is 32.6 Å². The molecular weight excluding hydrogens is 420 g/mol. The number of benzene rings is 1. The molecule has 0 spiro atoms. The van der Waals surface area contributed by atoms with E-state index in [1.807, 2.05) is 12.3 Å². The van der Waals surface area contributed by atoms with E-state index in [1.54, 1.807) is 0 Å². The second-order valence-electron chi connectivity index (χ2n) is 6.76. The normalized spacial score (nSPS) is 19.8. The van der Waals surface area contributed by atoms with E-state index in [-0.39, 0.29) is 0 Å². The molecule has 2 fully saturated rings. The van der Waals surface area contributed by atoms with Gasteiger partial charge in [-0.1, -0.05) is 50.7 Å². The van der Waals surface area contributed by atoms with Crippen LogP contribution in [0.5, 0.6) is 5.75 Å². The predicted molar refractivity (Wildman–Crippen MR) is 100 cm³/mol. The molecule has 2 saturated carbocycles. The minimum atomic E-state index is -0.826. The molecule has 0 radical (unpaired) electrons. The molecule has 0 amide bonds. The minimum absolute atomic E-state index is 0.469. The number of aliphatic imine (C=N–C) groups is 1. The zero-order chi connectivity index (χ0) is 17.2. The molecule has 5 heteroatoms. The molecule has 132 valence electrons. The number of phenols is 1. The molecule has 1 aromatic rings. The Hall–Kier alpha value is 0.153. The van der Waals surface area contributed by atoms with Crippen molar-refractivity contribution in [2.45, 2.75) is 76.2 Å². The summed E-state index contributed by atoms with van der Waals surface area (Å²) < 4.78 is 0. The Bertz CT molecular complexity index is 512. The maximum atomic E-state index is 10.6. The number of rotatable bonds is 3. The first kappa shape index (κ1) is 20.5. The van der Waals surface area contributed by atoms with Gasteiger partial charge >= 0.3 is 37.9 Å². The summed E-state index contributed by atoms with van der Waals surface area (Å²) in [6.07, 6.45) is 14.7. The summed E-state index contributed by atoms with van der Waals surface area (Å²) in [4.78, 5) is 4.72. The van der Waals surface area contributed by atoms with Gasteiger partial charge in [-0.05, 0) is 43.2 Å². The van der Waals surface area contributed by atoms with Crippen molar-refractivity contribution in [3.63, 3.8) is 0 Å². The summed E-state index contributed by atoms with van der Waals surface area (Å²) in [7, 11) is 9.87. The summed E-state index contributed by atoms with van der Waals surface area (Å²) >= 11 is -0.826. The molecule has 0 unspecified atom stereocenters. The third kappa shape index (κ3) is 6.47. The molecule has 0 aromatic heterocycles. The Morgan fingerprint density at radius 3 is 2.17 bits per heavy atom. The van der Waals surface area contributed by atoms with Crippen LogP contribution in [0.25, 0.3) is 0 Å². The van der Waals surface area contributed by atoms with Gasteiger partial charge in [0.05, 0.1) is 0 Å². The molecule has 2 aliphatic rings. The molecule has 0 aliphatic heterocycles.